The van der Waals surface area contributed by atoms with Crippen molar-refractivity contribution < 1.29 is 22.9 Å². The molecule has 4 aromatic rings. The van der Waals surface area contributed by atoms with Gasteiger partial charge >= 0.3 is 6.18 Å². The highest BCUT2D eigenvalue weighted by atomic mass is 32.2. The summed E-state index contributed by atoms with van der Waals surface area (Å²) >= 11 is 2.27. The van der Waals surface area contributed by atoms with Gasteiger partial charge in [-0.15, -0.1) is 0 Å². The van der Waals surface area contributed by atoms with Gasteiger partial charge in [0.2, 0.25) is 0 Å². The number of nitro benzene ring substituents is 1. The number of benzene rings is 3. The molecule has 0 radical (unpaired) electrons. The predicted molar refractivity (Wildman–Crippen MR) is 116 cm³/mol. The third kappa shape index (κ3) is 4.73. The molecule has 1 aromatic heterocycles. The van der Waals surface area contributed by atoms with Crippen molar-refractivity contribution in [2.75, 3.05) is 5.32 Å². The fraction of sp³-hybridized carbons (Fsp3) is 0.0476. The Kier molecular flexibility index (Phi) is 5.85. The van der Waals surface area contributed by atoms with E-state index >= 15 is 0 Å². The lowest BCUT2D eigenvalue weighted by Gasteiger charge is -2.10. The molecular formula is C21H12F3N3O3S2. The van der Waals surface area contributed by atoms with E-state index in [4.69, 9.17) is 0 Å². The fourth-order valence-electron chi connectivity index (χ4n) is 2.83. The monoisotopic (exact) mass is 475 g/mol. The van der Waals surface area contributed by atoms with Gasteiger partial charge in [0.05, 0.1) is 26.3 Å². The van der Waals surface area contributed by atoms with Crippen LogP contribution in [0.3, 0.4) is 0 Å². The molecule has 3 aromatic carbocycles. The van der Waals surface area contributed by atoms with Crippen LogP contribution in [0.25, 0.3) is 10.2 Å². The van der Waals surface area contributed by atoms with E-state index in [1.54, 1.807) is 24.3 Å². The van der Waals surface area contributed by atoms with Gasteiger partial charge in [-0.25, -0.2) is 4.98 Å². The van der Waals surface area contributed by atoms with Crippen LogP contribution in [-0.4, -0.2) is 15.8 Å². The topological polar surface area (TPSA) is 85.1 Å². The minimum Gasteiger partial charge on any atom is -0.298 e. The highest BCUT2D eigenvalue weighted by Crippen LogP contribution is 2.35. The number of alkyl halides is 3. The van der Waals surface area contributed by atoms with E-state index < -0.39 is 22.6 Å². The van der Waals surface area contributed by atoms with Crippen LogP contribution in [0.2, 0.25) is 0 Å². The number of nitrogens with one attached hydrogen (secondary N) is 1. The highest BCUT2D eigenvalue weighted by Gasteiger charge is 2.30. The van der Waals surface area contributed by atoms with E-state index in [0.29, 0.717) is 25.6 Å². The molecule has 11 heteroatoms. The third-order valence-corrected chi connectivity index (χ3v) is 6.36. The summed E-state index contributed by atoms with van der Waals surface area (Å²) in [7, 11) is 0. The van der Waals surface area contributed by atoms with Crippen LogP contribution in [0, 0.1) is 10.1 Å². The Balaban J connectivity index is 1.55. The third-order valence-electron chi connectivity index (χ3n) is 4.34. The number of carbonyl (C=O) groups is 1. The molecule has 0 atom stereocenters. The number of nitro groups is 1. The Hall–Kier alpha value is -3.44. The molecule has 0 spiro atoms. The standard InChI is InChI=1S/C21H12F3N3O3S2/c22-21(23,24)12-5-8-14(9-6-12)31-17-4-2-1-3-15(17)19(28)26-20-25-16-10-7-13(27(29)30)11-18(16)32-20/h1-11H,(H,25,26,28). The summed E-state index contributed by atoms with van der Waals surface area (Å²) in [5.41, 5.74) is 0.0206. The molecule has 0 aliphatic heterocycles. The fourth-order valence-corrected chi connectivity index (χ4v) is 4.66. The summed E-state index contributed by atoms with van der Waals surface area (Å²) in [6.45, 7) is 0. The lowest BCUT2D eigenvalue weighted by Crippen LogP contribution is -2.12. The molecule has 0 aliphatic rings. The van der Waals surface area contributed by atoms with Gasteiger partial charge in [-0.3, -0.25) is 20.2 Å². The summed E-state index contributed by atoms with van der Waals surface area (Å²) < 4.78 is 38.8. The maximum Gasteiger partial charge on any atom is 0.416 e. The molecule has 1 N–H and O–H groups in total. The van der Waals surface area contributed by atoms with Crippen LogP contribution in [0.5, 0.6) is 0 Å². The number of thiazole rings is 1. The first kappa shape index (κ1) is 21.8. The van der Waals surface area contributed by atoms with Crippen molar-refractivity contribution in [3.8, 4) is 0 Å². The summed E-state index contributed by atoms with van der Waals surface area (Å²) in [5, 5.41) is 13.9. The second-order valence-electron chi connectivity index (χ2n) is 6.50. The largest absolute Gasteiger partial charge is 0.416 e. The second kappa shape index (κ2) is 8.60. The quantitative estimate of drug-likeness (QED) is 0.259. The number of hydrogen-bond donors (Lipinski definition) is 1. The maximum atomic E-state index is 12.8. The zero-order chi connectivity index (χ0) is 22.9. The lowest BCUT2D eigenvalue weighted by molar-refractivity contribution is -0.384. The molecule has 0 unspecified atom stereocenters. The van der Waals surface area contributed by atoms with E-state index in [1.807, 2.05) is 0 Å². The minimum atomic E-state index is -4.42. The van der Waals surface area contributed by atoms with E-state index in [1.165, 1.54) is 30.3 Å². The number of non-ortho nitro benzene ring substituents is 1. The van der Waals surface area contributed by atoms with Crippen molar-refractivity contribution in [3.05, 3.63) is 88.0 Å². The summed E-state index contributed by atoms with van der Waals surface area (Å²) in [6.07, 6.45) is -4.42. The average Bonchev–Trinajstić information content (AvgIpc) is 3.15. The minimum absolute atomic E-state index is 0.0719. The van der Waals surface area contributed by atoms with Crippen LogP contribution < -0.4 is 5.32 Å². The summed E-state index contributed by atoms with van der Waals surface area (Å²) in [6, 6.07) is 15.6. The average molecular weight is 475 g/mol. The summed E-state index contributed by atoms with van der Waals surface area (Å²) in [4.78, 5) is 28.7. The second-order valence-corrected chi connectivity index (χ2v) is 8.65. The lowest BCUT2D eigenvalue weighted by atomic mass is 10.2. The van der Waals surface area contributed by atoms with Crippen molar-refractivity contribution in [2.24, 2.45) is 0 Å². The number of rotatable bonds is 5. The normalized spacial score (nSPS) is 11.5. The molecule has 0 bridgehead atoms. The van der Waals surface area contributed by atoms with Gasteiger partial charge in [0, 0.05) is 21.9 Å². The Labute approximate surface area is 187 Å². The molecule has 0 saturated carbocycles. The first-order valence-corrected chi connectivity index (χ1v) is 10.6. The Bertz CT molecular complexity index is 1320. The Morgan fingerprint density at radius 2 is 1.78 bits per heavy atom. The zero-order valence-corrected chi connectivity index (χ0v) is 17.6. The number of amides is 1. The first-order chi connectivity index (χ1) is 15.2. The molecule has 162 valence electrons. The van der Waals surface area contributed by atoms with Crippen LogP contribution >= 0.6 is 23.1 Å². The van der Waals surface area contributed by atoms with Crippen molar-refractivity contribution in [1.82, 2.24) is 4.98 Å². The maximum absolute atomic E-state index is 12.8. The molecule has 1 amide bonds. The molecular weight excluding hydrogens is 463 g/mol. The molecule has 6 nitrogen and oxygen atoms in total. The van der Waals surface area contributed by atoms with Gasteiger partial charge in [-0.2, -0.15) is 13.2 Å². The smallest absolute Gasteiger partial charge is 0.298 e. The van der Waals surface area contributed by atoms with Crippen molar-refractivity contribution >= 4 is 50.0 Å². The zero-order valence-electron chi connectivity index (χ0n) is 15.9. The first-order valence-electron chi connectivity index (χ1n) is 9.01. The number of carbonyl (C=O) groups excluding carboxylic acids is 1. The number of hydrogen-bond acceptors (Lipinski definition) is 6. The van der Waals surface area contributed by atoms with E-state index in [0.717, 1.165) is 35.2 Å². The van der Waals surface area contributed by atoms with Gasteiger partial charge in [0.25, 0.3) is 11.6 Å². The van der Waals surface area contributed by atoms with Crippen LogP contribution in [-0.2, 0) is 6.18 Å². The molecule has 1 heterocycles. The van der Waals surface area contributed by atoms with E-state index in [-0.39, 0.29) is 10.8 Å². The SMILES string of the molecule is O=C(Nc1nc2ccc([N+](=O)[O-])cc2s1)c1ccccc1Sc1ccc(C(F)(F)F)cc1. The molecule has 0 fully saturated rings. The van der Waals surface area contributed by atoms with Crippen LogP contribution in [0.1, 0.15) is 15.9 Å². The van der Waals surface area contributed by atoms with Gasteiger partial charge in [-0.1, -0.05) is 35.2 Å². The molecule has 0 saturated heterocycles. The number of halogens is 3. The van der Waals surface area contributed by atoms with E-state index in [2.05, 4.69) is 10.3 Å². The van der Waals surface area contributed by atoms with Crippen LogP contribution in [0.4, 0.5) is 24.0 Å². The number of fused-ring (bicyclic) bond motifs is 1. The number of aromatic nitrogens is 1. The Morgan fingerprint density at radius 3 is 2.47 bits per heavy atom. The summed E-state index contributed by atoms with van der Waals surface area (Å²) in [5.74, 6) is -0.450. The predicted octanol–water partition coefficient (Wildman–Crippen LogP) is 6.63. The molecule has 4 rings (SSSR count). The number of nitrogens with zero attached hydrogens (tertiary/aromatic N) is 2. The van der Waals surface area contributed by atoms with Gasteiger partial charge in [0.15, 0.2) is 5.13 Å². The van der Waals surface area contributed by atoms with Crippen molar-refractivity contribution in [2.45, 2.75) is 16.0 Å². The van der Waals surface area contributed by atoms with Crippen molar-refractivity contribution in [1.29, 1.82) is 0 Å². The van der Waals surface area contributed by atoms with Crippen LogP contribution in [0.15, 0.2) is 76.5 Å². The van der Waals surface area contributed by atoms with Gasteiger partial charge in [0.1, 0.15) is 0 Å². The highest BCUT2D eigenvalue weighted by molar-refractivity contribution is 7.99. The Morgan fingerprint density at radius 1 is 1.06 bits per heavy atom. The van der Waals surface area contributed by atoms with Crippen molar-refractivity contribution in [3.63, 3.8) is 0 Å². The van der Waals surface area contributed by atoms with E-state index in [9.17, 15) is 28.1 Å². The molecule has 0 aliphatic carbocycles. The molecule has 32 heavy (non-hydrogen) atoms. The van der Waals surface area contributed by atoms with Gasteiger partial charge < -0.3 is 0 Å². The number of anilines is 1. The van der Waals surface area contributed by atoms with Gasteiger partial charge in [-0.05, 0) is 42.5 Å².